The molecule has 94 valence electrons. The lowest BCUT2D eigenvalue weighted by atomic mass is 9.84. The first-order valence-electron chi connectivity index (χ1n) is 5.94. The first-order chi connectivity index (χ1) is 8.66. The van der Waals surface area contributed by atoms with Crippen LogP contribution in [0, 0.1) is 0 Å². The normalized spacial score (nSPS) is 18.6. The minimum atomic E-state index is -0.960. The third-order valence-corrected chi connectivity index (χ3v) is 3.63. The van der Waals surface area contributed by atoms with Crippen molar-refractivity contribution in [2.75, 3.05) is 0 Å². The van der Waals surface area contributed by atoms with Gasteiger partial charge in [0.05, 0.1) is 0 Å². The highest BCUT2D eigenvalue weighted by Crippen LogP contribution is 2.32. The molecule has 6 heteroatoms. The van der Waals surface area contributed by atoms with Crippen LogP contribution in [0.2, 0.25) is 0 Å². The lowest BCUT2D eigenvalue weighted by Gasteiger charge is -2.22. The molecule has 1 unspecified atom stereocenters. The van der Waals surface area contributed by atoms with Gasteiger partial charge in [-0.1, -0.05) is 0 Å². The fourth-order valence-corrected chi connectivity index (χ4v) is 2.71. The molecule has 18 heavy (non-hydrogen) atoms. The van der Waals surface area contributed by atoms with Gasteiger partial charge in [0.15, 0.2) is 5.69 Å². The Labute approximate surface area is 104 Å². The zero-order chi connectivity index (χ0) is 12.7. The van der Waals surface area contributed by atoms with Crippen molar-refractivity contribution < 1.29 is 9.90 Å². The van der Waals surface area contributed by atoms with E-state index in [2.05, 4.69) is 15.3 Å². The smallest absolute Gasteiger partial charge is 0.356 e. The van der Waals surface area contributed by atoms with Crippen LogP contribution in [0.15, 0.2) is 12.3 Å². The van der Waals surface area contributed by atoms with Crippen molar-refractivity contribution in [1.82, 2.24) is 20.0 Å². The van der Waals surface area contributed by atoms with Gasteiger partial charge in [-0.2, -0.15) is 10.2 Å². The van der Waals surface area contributed by atoms with E-state index in [9.17, 15) is 4.79 Å². The number of rotatable bonds is 2. The van der Waals surface area contributed by atoms with E-state index in [1.807, 2.05) is 17.8 Å². The van der Waals surface area contributed by atoms with Gasteiger partial charge in [-0.15, -0.1) is 0 Å². The lowest BCUT2D eigenvalue weighted by Crippen LogP contribution is -2.16. The van der Waals surface area contributed by atoms with E-state index >= 15 is 0 Å². The van der Waals surface area contributed by atoms with Crippen LogP contribution < -0.4 is 0 Å². The standard InChI is InChI=1S/C12H14N4O2/c1-16-10(4-5-13-16)7-2-3-9-8(6-7)11(12(17)18)15-14-9/h4-5,7H,2-3,6H2,1H3,(H,14,15)(H,17,18). The fourth-order valence-electron chi connectivity index (χ4n) is 2.71. The van der Waals surface area contributed by atoms with Gasteiger partial charge in [0.25, 0.3) is 0 Å². The molecule has 2 N–H and O–H groups in total. The molecule has 6 nitrogen and oxygen atoms in total. The van der Waals surface area contributed by atoms with E-state index in [1.165, 1.54) is 0 Å². The number of aromatic carboxylic acids is 1. The number of carboxylic acids is 1. The van der Waals surface area contributed by atoms with E-state index in [-0.39, 0.29) is 5.69 Å². The Bertz CT molecular complexity index is 599. The van der Waals surface area contributed by atoms with Crippen molar-refractivity contribution in [3.05, 3.63) is 34.9 Å². The number of hydrogen-bond acceptors (Lipinski definition) is 3. The molecule has 2 aromatic heterocycles. The second kappa shape index (κ2) is 3.97. The van der Waals surface area contributed by atoms with Crippen LogP contribution >= 0.6 is 0 Å². The Balaban J connectivity index is 1.95. The summed E-state index contributed by atoms with van der Waals surface area (Å²) in [6.07, 6.45) is 4.32. The minimum absolute atomic E-state index is 0.164. The summed E-state index contributed by atoms with van der Waals surface area (Å²) in [7, 11) is 1.92. The van der Waals surface area contributed by atoms with E-state index in [0.29, 0.717) is 12.3 Å². The summed E-state index contributed by atoms with van der Waals surface area (Å²) in [5, 5.41) is 20.0. The summed E-state index contributed by atoms with van der Waals surface area (Å²) in [6, 6.07) is 2.00. The molecule has 0 spiro atoms. The number of aryl methyl sites for hydroxylation is 2. The number of aromatic nitrogens is 4. The molecule has 0 saturated heterocycles. The maximum absolute atomic E-state index is 11.1. The van der Waals surface area contributed by atoms with Crippen LogP contribution in [0.25, 0.3) is 0 Å². The molecule has 0 amide bonds. The minimum Gasteiger partial charge on any atom is -0.476 e. The van der Waals surface area contributed by atoms with Crippen molar-refractivity contribution in [1.29, 1.82) is 0 Å². The van der Waals surface area contributed by atoms with Crippen LogP contribution in [0.5, 0.6) is 0 Å². The van der Waals surface area contributed by atoms with Crippen molar-refractivity contribution in [2.45, 2.75) is 25.2 Å². The number of nitrogens with zero attached hydrogens (tertiary/aromatic N) is 3. The molecule has 0 bridgehead atoms. The number of nitrogens with one attached hydrogen (secondary N) is 1. The highest BCUT2D eigenvalue weighted by Gasteiger charge is 2.28. The summed E-state index contributed by atoms with van der Waals surface area (Å²) < 4.78 is 1.86. The van der Waals surface area contributed by atoms with Gasteiger partial charge in [-0.05, 0) is 25.3 Å². The zero-order valence-electron chi connectivity index (χ0n) is 10.1. The molecule has 2 aromatic rings. The van der Waals surface area contributed by atoms with Crippen LogP contribution in [0.1, 0.15) is 39.8 Å². The fraction of sp³-hybridized carbons (Fsp3) is 0.417. The highest BCUT2D eigenvalue weighted by molar-refractivity contribution is 5.87. The molecular weight excluding hydrogens is 232 g/mol. The number of fused-ring (bicyclic) bond motifs is 1. The van der Waals surface area contributed by atoms with Gasteiger partial charge in [-0.25, -0.2) is 4.79 Å². The van der Waals surface area contributed by atoms with Crippen molar-refractivity contribution >= 4 is 5.97 Å². The van der Waals surface area contributed by atoms with Gasteiger partial charge >= 0.3 is 5.97 Å². The largest absolute Gasteiger partial charge is 0.476 e. The summed E-state index contributed by atoms with van der Waals surface area (Å²) >= 11 is 0. The lowest BCUT2D eigenvalue weighted by molar-refractivity contribution is 0.0689. The Morgan fingerprint density at radius 1 is 1.61 bits per heavy atom. The van der Waals surface area contributed by atoms with Gasteiger partial charge in [0.2, 0.25) is 0 Å². The molecule has 1 aliphatic carbocycles. The maximum Gasteiger partial charge on any atom is 0.356 e. The second-order valence-corrected chi connectivity index (χ2v) is 4.65. The van der Waals surface area contributed by atoms with Crippen LogP contribution in [-0.2, 0) is 19.9 Å². The average molecular weight is 246 g/mol. The number of H-pyrrole nitrogens is 1. The highest BCUT2D eigenvalue weighted by atomic mass is 16.4. The molecule has 0 radical (unpaired) electrons. The Morgan fingerprint density at radius 2 is 2.44 bits per heavy atom. The van der Waals surface area contributed by atoms with E-state index < -0.39 is 5.97 Å². The predicted octanol–water partition coefficient (Wildman–Crippen LogP) is 1.11. The van der Waals surface area contributed by atoms with Crippen LogP contribution in [0.3, 0.4) is 0 Å². The monoisotopic (exact) mass is 246 g/mol. The summed E-state index contributed by atoms with van der Waals surface area (Å²) in [6.45, 7) is 0. The molecule has 0 saturated carbocycles. The SMILES string of the molecule is Cn1nccc1C1CCc2[nH]nc(C(=O)O)c2C1. The van der Waals surface area contributed by atoms with E-state index in [0.717, 1.165) is 29.8 Å². The topological polar surface area (TPSA) is 83.8 Å². The molecule has 1 aliphatic rings. The van der Waals surface area contributed by atoms with Crippen LogP contribution in [-0.4, -0.2) is 31.1 Å². The Hall–Kier alpha value is -2.11. The van der Waals surface area contributed by atoms with Gasteiger partial charge in [-0.3, -0.25) is 9.78 Å². The molecule has 1 atom stereocenters. The molecule has 2 heterocycles. The van der Waals surface area contributed by atoms with Gasteiger partial charge in [0.1, 0.15) is 0 Å². The number of carbonyl (C=O) groups is 1. The maximum atomic E-state index is 11.1. The van der Waals surface area contributed by atoms with Crippen LogP contribution in [0.4, 0.5) is 0 Å². The first-order valence-corrected chi connectivity index (χ1v) is 5.94. The second-order valence-electron chi connectivity index (χ2n) is 4.65. The molecule has 3 rings (SSSR count). The third kappa shape index (κ3) is 1.61. The zero-order valence-corrected chi connectivity index (χ0v) is 10.1. The predicted molar refractivity (Wildman–Crippen MR) is 63.5 cm³/mol. The molecule has 0 fully saturated rings. The first kappa shape index (κ1) is 11.0. The summed E-state index contributed by atoms with van der Waals surface area (Å²) in [4.78, 5) is 11.1. The van der Waals surface area contributed by atoms with Gasteiger partial charge in [0, 0.05) is 36.1 Å². The van der Waals surface area contributed by atoms with Crippen molar-refractivity contribution in [3.8, 4) is 0 Å². The number of hydrogen-bond donors (Lipinski definition) is 2. The van der Waals surface area contributed by atoms with Gasteiger partial charge < -0.3 is 5.11 Å². The summed E-state index contributed by atoms with van der Waals surface area (Å²) in [5.41, 5.74) is 3.13. The van der Waals surface area contributed by atoms with E-state index in [1.54, 1.807) is 6.20 Å². The number of carboxylic acid groups (broad SMARTS) is 1. The molecule has 0 aliphatic heterocycles. The summed E-state index contributed by atoms with van der Waals surface area (Å²) in [5.74, 6) is -0.640. The Kier molecular flexibility index (Phi) is 2.43. The molecular formula is C12H14N4O2. The quantitative estimate of drug-likeness (QED) is 0.831. The molecule has 0 aromatic carbocycles. The third-order valence-electron chi connectivity index (χ3n) is 3.63. The average Bonchev–Trinajstić information content (AvgIpc) is 2.93. The number of aromatic amines is 1. The van der Waals surface area contributed by atoms with E-state index in [4.69, 9.17) is 5.11 Å². The Morgan fingerprint density at radius 3 is 3.11 bits per heavy atom. The van der Waals surface area contributed by atoms with Crippen molar-refractivity contribution in [2.24, 2.45) is 7.05 Å². The van der Waals surface area contributed by atoms with Crippen molar-refractivity contribution in [3.63, 3.8) is 0 Å².